The van der Waals surface area contributed by atoms with Gasteiger partial charge in [0.15, 0.2) is 0 Å². The zero-order valence-electron chi connectivity index (χ0n) is 10.7. The summed E-state index contributed by atoms with van der Waals surface area (Å²) in [6.07, 6.45) is 0. The van der Waals surface area contributed by atoms with Gasteiger partial charge in [0.1, 0.15) is 10.6 Å². The van der Waals surface area contributed by atoms with Crippen molar-refractivity contribution >= 4 is 33.3 Å². The maximum atomic E-state index is 5.76. The minimum absolute atomic E-state index is 0.352. The second-order valence-corrected chi connectivity index (χ2v) is 5.99. The number of nitrogens with zero attached hydrogens (tertiary/aromatic N) is 3. The van der Waals surface area contributed by atoms with E-state index in [-0.39, 0.29) is 0 Å². The Labute approximate surface area is 105 Å². The van der Waals surface area contributed by atoms with Gasteiger partial charge in [-0.1, -0.05) is 13.8 Å². The molecule has 0 radical (unpaired) electrons. The van der Waals surface area contributed by atoms with E-state index in [2.05, 4.69) is 41.7 Å². The summed E-state index contributed by atoms with van der Waals surface area (Å²) < 4.78 is 0. The molecule has 4 nitrogen and oxygen atoms in total. The fourth-order valence-corrected chi connectivity index (χ4v) is 2.85. The molecule has 17 heavy (non-hydrogen) atoms. The summed E-state index contributed by atoms with van der Waals surface area (Å²) >= 11 is 1.66. The predicted molar refractivity (Wildman–Crippen MR) is 74.7 cm³/mol. The number of nitrogen functional groups attached to an aromatic ring is 1. The summed E-state index contributed by atoms with van der Waals surface area (Å²) in [5.41, 5.74) is 5.76. The molecule has 92 valence electrons. The molecule has 0 spiro atoms. The number of thiophene rings is 1. The standard InChI is InChI=1S/C12H18N4S/c1-7(2)6-16(4)10-9-5-8(3)17-11(9)15-12(13)14-10/h5,7H,6H2,1-4H3,(H2,13,14,15). The zero-order chi connectivity index (χ0) is 12.6. The molecular weight excluding hydrogens is 232 g/mol. The van der Waals surface area contributed by atoms with Crippen LogP contribution in [0.1, 0.15) is 18.7 Å². The minimum atomic E-state index is 0.352. The molecule has 2 aromatic heterocycles. The molecule has 2 N–H and O–H groups in total. The molecule has 0 aliphatic carbocycles. The SMILES string of the molecule is Cc1cc2c(N(C)CC(C)C)nc(N)nc2s1. The molecule has 2 aromatic rings. The molecule has 0 saturated carbocycles. The van der Waals surface area contributed by atoms with Gasteiger partial charge in [0, 0.05) is 18.5 Å². The van der Waals surface area contributed by atoms with Gasteiger partial charge in [-0.15, -0.1) is 11.3 Å². The van der Waals surface area contributed by atoms with Crippen molar-refractivity contribution in [1.82, 2.24) is 9.97 Å². The second-order valence-electron chi connectivity index (χ2n) is 4.76. The second kappa shape index (κ2) is 4.49. The first-order valence-corrected chi connectivity index (χ1v) is 6.54. The molecule has 5 heteroatoms. The van der Waals surface area contributed by atoms with Gasteiger partial charge in [-0.2, -0.15) is 4.98 Å². The summed E-state index contributed by atoms with van der Waals surface area (Å²) in [6.45, 7) is 7.42. The number of hydrogen-bond acceptors (Lipinski definition) is 5. The molecule has 0 amide bonds. The molecule has 2 rings (SSSR count). The Bertz CT molecular complexity index is 533. The Kier molecular flexibility index (Phi) is 3.19. The van der Waals surface area contributed by atoms with Crippen molar-refractivity contribution in [2.75, 3.05) is 24.2 Å². The van der Waals surface area contributed by atoms with Crippen LogP contribution in [-0.2, 0) is 0 Å². The number of rotatable bonds is 3. The van der Waals surface area contributed by atoms with Crippen LogP contribution in [0.25, 0.3) is 10.2 Å². The van der Waals surface area contributed by atoms with Crippen LogP contribution in [0.5, 0.6) is 0 Å². The average molecular weight is 250 g/mol. The minimum Gasteiger partial charge on any atom is -0.368 e. The van der Waals surface area contributed by atoms with E-state index >= 15 is 0 Å². The fourth-order valence-electron chi connectivity index (χ4n) is 1.97. The lowest BCUT2D eigenvalue weighted by atomic mass is 10.2. The third-order valence-electron chi connectivity index (χ3n) is 2.51. The van der Waals surface area contributed by atoms with Gasteiger partial charge >= 0.3 is 0 Å². The first kappa shape index (κ1) is 12.1. The van der Waals surface area contributed by atoms with Crippen LogP contribution in [0.2, 0.25) is 0 Å². The van der Waals surface area contributed by atoms with Crippen molar-refractivity contribution in [2.45, 2.75) is 20.8 Å². The predicted octanol–water partition coefficient (Wildman–Crippen LogP) is 2.67. The number of hydrogen-bond donors (Lipinski definition) is 1. The fraction of sp³-hybridized carbons (Fsp3) is 0.500. The van der Waals surface area contributed by atoms with Gasteiger partial charge in [-0.3, -0.25) is 0 Å². The maximum absolute atomic E-state index is 5.76. The molecular formula is C12H18N4S. The van der Waals surface area contributed by atoms with Gasteiger partial charge < -0.3 is 10.6 Å². The highest BCUT2D eigenvalue weighted by molar-refractivity contribution is 7.18. The van der Waals surface area contributed by atoms with Crippen molar-refractivity contribution in [2.24, 2.45) is 5.92 Å². The molecule has 2 heterocycles. The van der Waals surface area contributed by atoms with Gasteiger partial charge in [-0.05, 0) is 18.9 Å². The average Bonchev–Trinajstić information content (AvgIpc) is 2.55. The molecule has 0 aromatic carbocycles. The molecule has 0 saturated heterocycles. The Morgan fingerprint density at radius 1 is 1.41 bits per heavy atom. The van der Waals surface area contributed by atoms with E-state index in [0.717, 1.165) is 22.6 Å². The van der Waals surface area contributed by atoms with Gasteiger partial charge in [-0.25, -0.2) is 4.98 Å². The largest absolute Gasteiger partial charge is 0.368 e. The number of aryl methyl sites for hydroxylation is 1. The van der Waals surface area contributed by atoms with Crippen molar-refractivity contribution in [3.05, 3.63) is 10.9 Å². The third-order valence-corrected chi connectivity index (χ3v) is 3.46. The van der Waals surface area contributed by atoms with Crippen molar-refractivity contribution in [3.8, 4) is 0 Å². The number of nitrogens with two attached hydrogens (primary N) is 1. The summed E-state index contributed by atoms with van der Waals surface area (Å²) in [5, 5.41) is 1.10. The first-order chi connectivity index (χ1) is 7.97. The number of aromatic nitrogens is 2. The topological polar surface area (TPSA) is 55.0 Å². The monoisotopic (exact) mass is 250 g/mol. The van der Waals surface area contributed by atoms with Crippen molar-refractivity contribution in [3.63, 3.8) is 0 Å². The smallest absolute Gasteiger partial charge is 0.223 e. The van der Waals surface area contributed by atoms with Gasteiger partial charge in [0.25, 0.3) is 0 Å². The molecule has 0 unspecified atom stereocenters. The van der Waals surface area contributed by atoms with E-state index in [1.807, 2.05) is 7.05 Å². The Morgan fingerprint density at radius 3 is 2.76 bits per heavy atom. The van der Waals surface area contributed by atoms with Crippen LogP contribution >= 0.6 is 11.3 Å². The summed E-state index contributed by atoms with van der Waals surface area (Å²) in [7, 11) is 2.05. The van der Waals surface area contributed by atoms with Crippen LogP contribution < -0.4 is 10.6 Å². The van der Waals surface area contributed by atoms with Crippen LogP contribution in [0.15, 0.2) is 6.07 Å². The quantitative estimate of drug-likeness (QED) is 0.910. The lowest BCUT2D eigenvalue weighted by molar-refractivity contribution is 0.636. The van der Waals surface area contributed by atoms with Crippen LogP contribution in [0, 0.1) is 12.8 Å². The molecule has 0 bridgehead atoms. The van der Waals surface area contributed by atoms with E-state index in [1.165, 1.54) is 4.88 Å². The highest BCUT2D eigenvalue weighted by atomic mass is 32.1. The summed E-state index contributed by atoms with van der Waals surface area (Å²) in [4.78, 5) is 13.0. The number of fused-ring (bicyclic) bond motifs is 1. The molecule has 0 fully saturated rings. The first-order valence-electron chi connectivity index (χ1n) is 5.72. The van der Waals surface area contributed by atoms with Gasteiger partial charge in [0.2, 0.25) is 5.95 Å². The zero-order valence-corrected chi connectivity index (χ0v) is 11.5. The molecule has 0 aliphatic heterocycles. The highest BCUT2D eigenvalue weighted by Crippen LogP contribution is 2.30. The van der Waals surface area contributed by atoms with Gasteiger partial charge in [0.05, 0.1) is 5.39 Å². The Hall–Kier alpha value is -1.36. The van der Waals surface area contributed by atoms with E-state index < -0.39 is 0 Å². The third kappa shape index (κ3) is 2.49. The summed E-state index contributed by atoms with van der Waals surface area (Å²) in [5.74, 6) is 1.88. The summed E-state index contributed by atoms with van der Waals surface area (Å²) in [6, 6.07) is 2.13. The van der Waals surface area contributed by atoms with E-state index in [4.69, 9.17) is 5.73 Å². The van der Waals surface area contributed by atoms with E-state index in [1.54, 1.807) is 11.3 Å². The normalized spacial score (nSPS) is 11.4. The number of anilines is 2. The lowest BCUT2D eigenvalue weighted by Gasteiger charge is -2.21. The van der Waals surface area contributed by atoms with E-state index in [0.29, 0.717) is 11.9 Å². The maximum Gasteiger partial charge on any atom is 0.223 e. The Morgan fingerprint density at radius 2 is 2.12 bits per heavy atom. The lowest BCUT2D eigenvalue weighted by Crippen LogP contribution is -2.24. The van der Waals surface area contributed by atoms with Crippen LogP contribution in [-0.4, -0.2) is 23.6 Å². The van der Waals surface area contributed by atoms with Crippen LogP contribution in [0.4, 0.5) is 11.8 Å². The molecule has 0 atom stereocenters. The van der Waals surface area contributed by atoms with E-state index in [9.17, 15) is 0 Å². The van der Waals surface area contributed by atoms with Crippen molar-refractivity contribution < 1.29 is 0 Å². The van der Waals surface area contributed by atoms with Crippen molar-refractivity contribution in [1.29, 1.82) is 0 Å². The highest BCUT2D eigenvalue weighted by Gasteiger charge is 2.13. The van der Waals surface area contributed by atoms with Crippen LogP contribution in [0.3, 0.4) is 0 Å². The molecule has 0 aliphatic rings. The Balaban J connectivity index is 2.51.